The van der Waals surface area contributed by atoms with Gasteiger partial charge in [-0.2, -0.15) is 4.98 Å². The minimum Gasteiger partial charge on any atom is -0.366 e. The fraction of sp³-hybridized carbons (Fsp3) is 0.400. The summed E-state index contributed by atoms with van der Waals surface area (Å²) in [7, 11) is 0. The predicted octanol–water partition coefficient (Wildman–Crippen LogP) is 1.85. The first-order chi connectivity index (χ1) is 7.34. The maximum absolute atomic E-state index is 5.63. The van der Waals surface area contributed by atoms with E-state index in [1.807, 2.05) is 4.68 Å². The third kappa shape index (κ3) is 1.43. The molecule has 0 radical (unpaired) electrons. The number of nitrogens with zero attached hydrogens (tertiary/aromatic N) is 3. The first kappa shape index (κ1) is 8.91. The minimum atomic E-state index is 0.392. The number of aromatic nitrogens is 3. The van der Waals surface area contributed by atoms with E-state index in [9.17, 15) is 0 Å². The Labute approximate surface area is 91.7 Å². The van der Waals surface area contributed by atoms with Gasteiger partial charge >= 0.3 is 0 Å². The summed E-state index contributed by atoms with van der Waals surface area (Å²) < 4.78 is 1.95. The Hall–Kier alpha value is -1.36. The summed E-state index contributed by atoms with van der Waals surface area (Å²) in [6, 6.07) is 4.24. The van der Waals surface area contributed by atoms with E-state index in [2.05, 4.69) is 27.6 Å². The van der Waals surface area contributed by atoms with E-state index in [0.717, 1.165) is 25.2 Å². The Morgan fingerprint density at radius 2 is 2.47 bits per heavy atom. The number of nitrogens with two attached hydrogens (primary N) is 1. The molecule has 0 aliphatic carbocycles. The maximum atomic E-state index is 5.63. The van der Waals surface area contributed by atoms with E-state index in [1.54, 1.807) is 11.3 Å². The molecule has 0 amide bonds. The maximum Gasteiger partial charge on any atom is 0.239 e. The van der Waals surface area contributed by atoms with Gasteiger partial charge in [0.15, 0.2) is 0 Å². The van der Waals surface area contributed by atoms with Crippen LogP contribution < -0.4 is 5.73 Å². The van der Waals surface area contributed by atoms with Crippen molar-refractivity contribution in [2.45, 2.75) is 25.3 Å². The number of rotatable bonds is 1. The number of fused-ring (bicyclic) bond motifs is 1. The van der Waals surface area contributed by atoms with Crippen molar-refractivity contribution in [1.29, 1.82) is 0 Å². The fourth-order valence-electron chi connectivity index (χ4n) is 2.13. The smallest absolute Gasteiger partial charge is 0.239 e. The molecular weight excluding hydrogens is 208 g/mol. The third-order valence-corrected chi connectivity index (χ3v) is 3.76. The number of hydrogen-bond acceptors (Lipinski definition) is 4. The van der Waals surface area contributed by atoms with Crippen LogP contribution in [0.15, 0.2) is 17.5 Å². The van der Waals surface area contributed by atoms with Crippen LogP contribution in [0.5, 0.6) is 0 Å². The van der Waals surface area contributed by atoms with Gasteiger partial charge in [-0.15, -0.1) is 16.4 Å². The zero-order valence-corrected chi connectivity index (χ0v) is 9.07. The molecule has 2 aromatic rings. The Morgan fingerprint density at radius 3 is 3.27 bits per heavy atom. The quantitative estimate of drug-likeness (QED) is 0.798. The summed E-state index contributed by atoms with van der Waals surface area (Å²) >= 11 is 1.78. The molecule has 1 aliphatic heterocycles. The lowest BCUT2D eigenvalue weighted by Crippen LogP contribution is -2.17. The molecular formula is C10H12N4S. The van der Waals surface area contributed by atoms with Crippen LogP contribution in [0.2, 0.25) is 0 Å². The van der Waals surface area contributed by atoms with E-state index < -0.39 is 0 Å². The van der Waals surface area contributed by atoms with E-state index in [0.29, 0.717) is 11.9 Å². The number of thiophene rings is 1. The van der Waals surface area contributed by atoms with Crippen molar-refractivity contribution >= 4 is 17.3 Å². The van der Waals surface area contributed by atoms with Gasteiger partial charge in [0, 0.05) is 11.4 Å². The van der Waals surface area contributed by atoms with Crippen LogP contribution in [0.3, 0.4) is 0 Å². The molecule has 5 heteroatoms. The summed E-state index contributed by atoms with van der Waals surface area (Å²) in [4.78, 5) is 5.69. The van der Waals surface area contributed by atoms with Crippen molar-refractivity contribution in [3.8, 4) is 0 Å². The second-order valence-corrected chi connectivity index (χ2v) is 4.74. The molecule has 2 aromatic heterocycles. The van der Waals surface area contributed by atoms with Gasteiger partial charge in [0.2, 0.25) is 5.95 Å². The number of hydrogen-bond donors (Lipinski definition) is 1. The van der Waals surface area contributed by atoms with Gasteiger partial charge in [-0.25, -0.2) is 4.68 Å². The summed E-state index contributed by atoms with van der Waals surface area (Å²) in [6.07, 6.45) is 2.30. The van der Waals surface area contributed by atoms with Gasteiger partial charge in [0.1, 0.15) is 5.82 Å². The number of anilines is 1. The normalized spacial score (nSPS) is 20.1. The molecule has 3 heterocycles. The van der Waals surface area contributed by atoms with Crippen molar-refractivity contribution < 1.29 is 0 Å². The van der Waals surface area contributed by atoms with Crippen molar-refractivity contribution in [1.82, 2.24) is 14.8 Å². The number of nitrogen functional groups attached to an aromatic ring is 1. The van der Waals surface area contributed by atoms with Crippen LogP contribution in [0.4, 0.5) is 5.95 Å². The lowest BCUT2D eigenvalue weighted by atomic mass is 9.98. The summed E-state index contributed by atoms with van der Waals surface area (Å²) in [5, 5.41) is 6.30. The standard InChI is InChI=1S/C10H12N4S/c11-10-12-9-7(8-4-2-6-15-8)3-1-5-14(9)13-10/h2,4,6-7H,1,3,5H2,(H2,11,13). The average Bonchev–Trinajstić information content (AvgIpc) is 2.82. The minimum absolute atomic E-state index is 0.392. The molecule has 15 heavy (non-hydrogen) atoms. The lowest BCUT2D eigenvalue weighted by Gasteiger charge is -2.20. The Morgan fingerprint density at radius 1 is 1.53 bits per heavy atom. The highest BCUT2D eigenvalue weighted by atomic mass is 32.1. The van der Waals surface area contributed by atoms with E-state index >= 15 is 0 Å². The molecule has 3 rings (SSSR count). The van der Waals surface area contributed by atoms with Gasteiger partial charge in [-0.05, 0) is 24.3 Å². The van der Waals surface area contributed by atoms with Crippen molar-refractivity contribution in [2.24, 2.45) is 0 Å². The largest absolute Gasteiger partial charge is 0.366 e. The molecule has 1 unspecified atom stereocenters. The van der Waals surface area contributed by atoms with Gasteiger partial charge in [-0.3, -0.25) is 0 Å². The van der Waals surface area contributed by atoms with E-state index in [1.165, 1.54) is 4.88 Å². The molecule has 0 aromatic carbocycles. The Kier molecular flexibility index (Phi) is 1.98. The predicted molar refractivity (Wildman–Crippen MR) is 59.8 cm³/mol. The van der Waals surface area contributed by atoms with Crippen LogP contribution in [0, 0.1) is 0 Å². The van der Waals surface area contributed by atoms with Gasteiger partial charge in [0.25, 0.3) is 0 Å². The monoisotopic (exact) mass is 220 g/mol. The molecule has 1 aliphatic rings. The zero-order chi connectivity index (χ0) is 10.3. The van der Waals surface area contributed by atoms with Crippen molar-refractivity contribution in [3.63, 3.8) is 0 Å². The average molecular weight is 220 g/mol. The Balaban J connectivity index is 2.06. The molecule has 78 valence electrons. The molecule has 4 nitrogen and oxygen atoms in total. The van der Waals surface area contributed by atoms with E-state index in [4.69, 9.17) is 5.73 Å². The van der Waals surface area contributed by atoms with Crippen LogP contribution >= 0.6 is 11.3 Å². The third-order valence-electron chi connectivity index (χ3n) is 2.78. The highest BCUT2D eigenvalue weighted by molar-refractivity contribution is 7.10. The highest BCUT2D eigenvalue weighted by Gasteiger charge is 2.25. The molecule has 0 saturated carbocycles. The topological polar surface area (TPSA) is 56.7 Å². The van der Waals surface area contributed by atoms with E-state index in [-0.39, 0.29) is 0 Å². The SMILES string of the molecule is Nc1nc2n(n1)CCCC2c1cccs1. The molecule has 0 saturated heterocycles. The Bertz CT molecular complexity index is 460. The summed E-state index contributed by atoms with van der Waals surface area (Å²) in [6.45, 7) is 0.946. The van der Waals surface area contributed by atoms with Crippen LogP contribution in [-0.2, 0) is 6.54 Å². The second kappa shape index (κ2) is 3.34. The van der Waals surface area contributed by atoms with Crippen LogP contribution in [0.25, 0.3) is 0 Å². The molecule has 1 atom stereocenters. The first-order valence-electron chi connectivity index (χ1n) is 5.08. The van der Waals surface area contributed by atoms with Crippen molar-refractivity contribution in [2.75, 3.05) is 5.73 Å². The molecule has 0 spiro atoms. The summed E-state index contributed by atoms with van der Waals surface area (Å²) in [5.41, 5.74) is 5.63. The zero-order valence-electron chi connectivity index (χ0n) is 8.26. The van der Waals surface area contributed by atoms with Crippen LogP contribution in [-0.4, -0.2) is 14.8 Å². The van der Waals surface area contributed by atoms with Gasteiger partial charge in [-0.1, -0.05) is 6.07 Å². The highest BCUT2D eigenvalue weighted by Crippen LogP contribution is 2.34. The molecule has 2 N–H and O–H groups in total. The molecule has 0 bridgehead atoms. The van der Waals surface area contributed by atoms with Gasteiger partial charge in [0.05, 0.1) is 5.92 Å². The summed E-state index contributed by atoms with van der Waals surface area (Å²) in [5.74, 6) is 1.82. The number of aryl methyl sites for hydroxylation is 1. The second-order valence-electron chi connectivity index (χ2n) is 3.76. The fourth-order valence-corrected chi connectivity index (χ4v) is 2.99. The van der Waals surface area contributed by atoms with Gasteiger partial charge < -0.3 is 5.73 Å². The first-order valence-corrected chi connectivity index (χ1v) is 5.96. The lowest BCUT2D eigenvalue weighted by molar-refractivity contribution is 0.449. The van der Waals surface area contributed by atoms with Crippen molar-refractivity contribution in [3.05, 3.63) is 28.2 Å². The van der Waals surface area contributed by atoms with Crippen LogP contribution in [0.1, 0.15) is 29.5 Å². The molecule has 0 fully saturated rings.